The first-order valence-corrected chi connectivity index (χ1v) is 9.08. The smallest absolute Gasteiger partial charge is 0.337 e. The van der Waals surface area contributed by atoms with Crippen LogP contribution in [0.2, 0.25) is 0 Å². The Kier molecular flexibility index (Phi) is 5.37. The minimum absolute atomic E-state index is 0.163. The maximum Gasteiger partial charge on any atom is 0.337 e. The molecule has 0 radical (unpaired) electrons. The SMILES string of the molecule is COC(=O)c1cc(NC(=O)c2cc3c(s2)CCCC3)cc(C(=O)OC)c1. The zero-order valence-electron chi connectivity index (χ0n) is 14.6. The molecule has 1 N–H and O–H groups in total. The molecule has 0 bridgehead atoms. The lowest BCUT2D eigenvalue weighted by Gasteiger charge is -2.09. The van der Waals surface area contributed by atoms with E-state index in [1.165, 1.54) is 54.2 Å². The first kappa shape index (κ1) is 18.1. The Bertz CT molecular complexity index is 813. The van der Waals surface area contributed by atoms with Crippen LogP contribution in [0.4, 0.5) is 5.69 Å². The fourth-order valence-corrected chi connectivity index (χ4v) is 4.12. The van der Waals surface area contributed by atoms with Crippen LogP contribution in [0.25, 0.3) is 0 Å². The maximum atomic E-state index is 12.6. The molecule has 1 aliphatic carbocycles. The molecular weight excluding hydrogens is 354 g/mol. The number of carbonyl (C=O) groups is 3. The molecule has 0 saturated carbocycles. The van der Waals surface area contributed by atoms with Crippen LogP contribution >= 0.6 is 11.3 Å². The molecule has 0 spiro atoms. The monoisotopic (exact) mass is 373 g/mol. The number of carbonyl (C=O) groups excluding carboxylic acids is 3. The number of methoxy groups -OCH3 is 2. The molecule has 1 aliphatic rings. The number of aryl methyl sites for hydroxylation is 2. The maximum absolute atomic E-state index is 12.6. The Morgan fingerprint density at radius 2 is 1.54 bits per heavy atom. The molecule has 1 aromatic heterocycles. The van der Waals surface area contributed by atoms with Crippen molar-refractivity contribution < 1.29 is 23.9 Å². The van der Waals surface area contributed by atoms with E-state index in [0.29, 0.717) is 10.6 Å². The van der Waals surface area contributed by atoms with Crippen molar-refractivity contribution in [2.45, 2.75) is 25.7 Å². The summed E-state index contributed by atoms with van der Waals surface area (Å²) in [5, 5.41) is 2.76. The molecule has 0 unspecified atom stereocenters. The van der Waals surface area contributed by atoms with E-state index in [0.717, 1.165) is 25.7 Å². The molecule has 0 atom stereocenters. The largest absolute Gasteiger partial charge is 0.465 e. The molecule has 7 heteroatoms. The quantitative estimate of drug-likeness (QED) is 0.830. The number of amides is 1. The van der Waals surface area contributed by atoms with E-state index >= 15 is 0 Å². The van der Waals surface area contributed by atoms with E-state index < -0.39 is 11.9 Å². The lowest BCUT2D eigenvalue weighted by atomic mass is 9.99. The molecule has 2 aromatic rings. The van der Waals surface area contributed by atoms with Crippen molar-refractivity contribution in [1.82, 2.24) is 0 Å². The topological polar surface area (TPSA) is 81.7 Å². The van der Waals surface area contributed by atoms with Crippen molar-refractivity contribution >= 4 is 34.9 Å². The van der Waals surface area contributed by atoms with Gasteiger partial charge in [-0.3, -0.25) is 4.79 Å². The highest BCUT2D eigenvalue weighted by molar-refractivity contribution is 7.14. The summed E-state index contributed by atoms with van der Waals surface area (Å²) in [7, 11) is 2.50. The van der Waals surface area contributed by atoms with Gasteiger partial charge in [-0.05, 0) is 55.5 Å². The average molecular weight is 373 g/mol. The Balaban J connectivity index is 1.88. The highest BCUT2D eigenvalue weighted by Crippen LogP contribution is 2.30. The zero-order chi connectivity index (χ0) is 18.7. The van der Waals surface area contributed by atoms with Crippen LogP contribution in [0.5, 0.6) is 0 Å². The number of anilines is 1. The summed E-state index contributed by atoms with van der Waals surface area (Å²) >= 11 is 1.50. The van der Waals surface area contributed by atoms with Crippen molar-refractivity contribution in [2.24, 2.45) is 0 Å². The molecule has 136 valence electrons. The highest BCUT2D eigenvalue weighted by Gasteiger charge is 2.19. The van der Waals surface area contributed by atoms with Gasteiger partial charge in [-0.1, -0.05) is 0 Å². The highest BCUT2D eigenvalue weighted by atomic mass is 32.1. The van der Waals surface area contributed by atoms with Crippen LogP contribution in [0.1, 0.15) is 53.7 Å². The number of nitrogens with one attached hydrogen (secondary N) is 1. The van der Waals surface area contributed by atoms with Gasteiger partial charge in [-0.15, -0.1) is 11.3 Å². The first-order chi connectivity index (χ1) is 12.5. The molecule has 0 saturated heterocycles. The Morgan fingerprint density at radius 3 is 2.12 bits per heavy atom. The fourth-order valence-electron chi connectivity index (χ4n) is 2.97. The van der Waals surface area contributed by atoms with Crippen molar-refractivity contribution in [2.75, 3.05) is 19.5 Å². The molecule has 0 fully saturated rings. The third-order valence-corrected chi connectivity index (χ3v) is 5.49. The lowest BCUT2D eigenvalue weighted by Crippen LogP contribution is -2.13. The average Bonchev–Trinajstić information content (AvgIpc) is 3.10. The summed E-state index contributed by atoms with van der Waals surface area (Å²) in [5.41, 5.74) is 1.90. The van der Waals surface area contributed by atoms with Gasteiger partial charge in [0.25, 0.3) is 5.91 Å². The van der Waals surface area contributed by atoms with Gasteiger partial charge in [0.1, 0.15) is 0 Å². The first-order valence-electron chi connectivity index (χ1n) is 8.26. The molecule has 1 heterocycles. The number of hydrogen-bond donors (Lipinski definition) is 1. The summed E-state index contributed by atoms with van der Waals surface area (Å²) in [6, 6.07) is 6.25. The lowest BCUT2D eigenvalue weighted by molar-refractivity contribution is 0.0599. The fraction of sp³-hybridized carbons (Fsp3) is 0.316. The number of ether oxygens (including phenoxy) is 2. The van der Waals surface area contributed by atoms with Crippen molar-refractivity contribution in [3.63, 3.8) is 0 Å². The van der Waals surface area contributed by atoms with E-state index in [4.69, 9.17) is 9.47 Å². The van der Waals surface area contributed by atoms with Crippen molar-refractivity contribution in [1.29, 1.82) is 0 Å². The summed E-state index contributed by atoms with van der Waals surface area (Å²) < 4.78 is 9.41. The van der Waals surface area contributed by atoms with Crippen LogP contribution < -0.4 is 5.32 Å². The summed E-state index contributed by atoms with van der Waals surface area (Å²) in [4.78, 5) is 38.2. The predicted octanol–water partition coefficient (Wildman–Crippen LogP) is 3.45. The van der Waals surface area contributed by atoms with Gasteiger partial charge in [-0.25, -0.2) is 9.59 Å². The molecule has 3 rings (SSSR count). The number of fused-ring (bicyclic) bond motifs is 1. The third kappa shape index (κ3) is 3.77. The third-order valence-electron chi connectivity index (χ3n) is 4.25. The number of thiophene rings is 1. The van der Waals surface area contributed by atoms with Gasteiger partial charge in [-0.2, -0.15) is 0 Å². The van der Waals surface area contributed by atoms with Crippen LogP contribution in [0, 0.1) is 0 Å². The van der Waals surface area contributed by atoms with Crippen molar-refractivity contribution in [3.8, 4) is 0 Å². The van der Waals surface area contributed by atoms with Gasteiger partial charge in [0.15, 0.2) is 0 Å². The van der Waals surface area contributed by atoms with E-state index in [9.17, 15) is 14.4 Å². The van der Waals surface area contributed by atoms with Gasteiger partial charge in [0, 0.05) is 10.6 Å². The Hall–Kier alpha value is -2.67. The minimum atomic E-state index is -0.599. The summed E-state index contributed by atoms with van der Waals surface area (Å²) in [6.45, 7) is 0. The number of esters is 2. The van der Waals surface area contributed by atoms with E-state index in [1.54, 1.807) is 0 Å². The van der Waals surface area contributed by atoms with Gasteiger partial charge in [0.2, 0.25) is 0 Å². The second kappa shape index (κ2) is 7.70. The van der Waals surface area contributed by atoms with Gasteiger partial charge in [0.05, 0.1) is 30.2 Å². The molecular formula is C19H19NO5S. The zero-order valence-corrected chi connectivity index (χ0v) is 15.4. The Morgan fingerprint density at radius 1 is 0.923 bits per heavy atom. The van der Waals surface area contributed by atoms with Crippen LogP contribution in [0.3, 0.4) is 0 Å². The predicted molar refractivity (Wildman–Crippen MR) is 98.0 cm³/mol. The second-order valence-corrected chi connectivity index (χ2v) is 7.14. The standard InChI is InChI=1S/C19H19NO5S/c1-24-18(22)12-7-13(19(23)25-2)9-14(8-12)20-17(21)16-10-11-5-3-4-6-15(11)26-16/h7-10H,3-6H2,1-2H3,(H,20,21). The normalized spacial score (nSPS) is 12.8. The Labute approximate surface area is 155 Å². The number of benzene rings is 1. The minimum Gasteiger partial charge on any atom is -0.465 e. The van der Waals surface area contributed by atoms with E-state index in [1.807, 2.05) is 6.07 Å². The van der Waals surface area contributed by atoms with Gasteiger partial charge < -0.3 is 14.8 Å². The molecule has 0 aliphatic heterocycles. The van der Waals surface area contributed by atoms with Crippen LogP contribution in [-0.4, -0.2) is 32.1 Å². The van der Waals surface area contributed by atoms with Crippen molar-refractivity contribution in [3.05, 3.63) is 50.7 Å². The van der Waals surface area contributed by atoms with Crippen LogP contribution in [0.15, 0.2) is 24.3 Å². The number of hydrogen-bond acceptors (Lipinski definition) is 6. The molecule has 1 amide bonds. The molecule has 6 nitrogen and oxygen atoms in total. The van der Waals surface area contributed by atoms with Gasteiger partial charge >= 0.3 is 11.9 Å². The van der Waals surface area contributed by atoms with Crippen LogP contribution in [-0.2, 0) is 22.3 Å². The summed E-state index contributed by atoms with van der Waals surface area (Å²) in [5.74, 6) is -1.46. The summed E-state index contributed by atoms with van der Waals surface area (Å²) in [6.07, 6.45) is 4.31. The number of rotatable bonds is 4. The van der Waals surface area contributed by atoms with E-state index in [2.05, 4.69) is 5.32 Å². The van der Waals surface area contributed by atoms with E-state index in [-0.39, 0.29) is 17.0 Å². The molecule has 26 heavy (non-hydrogen) atoms. The molecule has 1 aromatic carbocycles. The second-order valence-electron chi connectivity index (χ2n) is 6.00.